The number of carbonyl (C=O) groups excluding carboxylic acids is 1. The van der Waals surface area contributed by atoms with Crippen LogP contribution in [0.2, 0.25) is 0 Å². The molecular formula is C11H12F2O2. The van der Waals surface area contributed by atoms with E-state index in [1.807, 2.05) is 0 Å². The van der Waals surface area contributed by atoms with E-state index in [-0.39, 0.29) is 11.5 Å². The van der Waals surface area contributed by atoms with E-state index in [1.54, 1.807) is 13.8 Å². The van der Waals surface area contributed by atoms with Crippen molar-refractivity contribution in [1.82, 2.24) is 0 Å². The van der Waals surface area contributed by atoms with Crippen molar-refractivity contribution >= 4 is 5.78 Å². The third-order valence-corrected chi connectivity index (χ3v) is 2.01. The minimum absolute atomic E-state index is 0.0836. The van der Waals surface area contributed by atoms with Crippen LogP contribution in [0.25, 0.3) is 0 Å². The summed E-state index contributed by atoms with van der Waals surface area (Å²) in [5, 5.41) is 0. The van der Waals surface area contributed by atoms with Gasteiger partial charge in [-0.3, -0.25) is 4.79 Å². The maximum atomic E-state index is 12.8. The summed E-state index contributed by atoms with van der Waals surface area (Å²) in [6.07, 6.45) is -0.287. The lowest BCUT2D eigenvalue weighted by Gasteiger charge is -2.12. The number of halogens is 2. The molecule has 0 amide bonds. The molecule has 82 valence electrons. The Hall–Kier alpha value is -1.45. The van der Waals surface area contributed by atoms with Gasteiger partial charge in [-0.1, -0.05) is 6.92 Å². The van der Waals surface area contributed by atoms with Gasteiger partial charge in [0.05, 0.1) is 0 Å². The van der Waals surface area contributed by atoms with Crippen LogP contribution in [0.5, 0.6) is 5.75 Å². The molecule has 15 heavy (non-hydrogen) atoms. The van der Waals surface area contributed by atoms with Gasteiger partial charge in [0, 0.05) is 12.5 Å². The Morgan fingerprint density at radius 1 is 1.40 bits per heavy atom. The molecule has 0 aromatic heterocycles. The van der Waals surface area contributed by atoms with Gasteiger partial charge in [-0.25, -0.2) is 8.78 Å². The van der Waals surface area contributed by atoms with Crippen LogP contribution in [0.1, 0.15) is 20.3 Å². The zero-order valence-electron chi connectivity index (χ0n) is 8.59. The normalized spacial score (nSPS) is 12.3. The molecule has 0 bridgehead atoms. The SMILES string of the molecule is CCC(=O)C(C)Oc1ccc(F)c(F)c1. The van der Waals surface area contributed by atoms with Crippen molar-refractivity contribution < 1.29 is 18.3 Å². The van der Waals surface area contributed by atoms with Crippen molar-refractivity contribution in [1.29, 1.82) is 0 Å². The van der Waals surface area contributed by atoms with Gasteiger partial charge in [0.15, 0.2) is 23.5 Å². The average molecular weight is 214 g/mol. The van der Waals surface area contributed by atoms with Gasteiger partial charge >= 0.3 is 0 Å². The molecule has 0 saturated carbocycles. The molecule has 0 spiro atoms. The molecule has 0 aliphatic rings. The number of Topliss-reactive ketones (excluding diaryl/α,β-unsaturated/α-hetero) is 1. The number of ketones is 1. The van der Waals surface area contributed by atoms with E-state index in [4.69, 9.17) is 4.74 Å². The lowest BCUT2D eigenvalue weighted by Crippen LogP contribution is -2.22. The molecule has 0 aliphatic carbocycles. The minimum atomic E-state index is -0.983. The smallest absolute Gasteiger partial charge is 0.172 e. The van der Waals surface area contributed by atoms with Crippen molar-refractivity contribution in [3.05, 3.63) is 29.8 Å². The van der Waals surface area contributed by atoms with Crippen molar-refractivity contribution in [3.8, 4) is 5.75 Å². The molecule has 1 aromatic rings. The zero-order chi connectivity index (χ0) is 11.4. The summed E-state index contributed by atoms with van der Waals surface area (Å²) >= 11 is 0. The fraction of sp³-hybridized carbons (Fsp3) is 0.364. The van der Waals surface area contributed by atoms with Crippen LogP contribution in [0, 0.1) is 11.6 Å². The molecular weight excluding hydrogens is 202 g/mol. The maximum absolute atomic E-state index is 12.8. The molecule has 0 fully saturated rings. The monoisotopic (exact) mass is 214 g/mol. The summed E-state index contributed by atoms with van der Waals surface area (Å²) in [6, 6.07) is 3.18. The van der Waals surface area contributed by atoms with Crippen LogP contribution in [0.15, 0.2) is 18.2 Å². The highest BCUT2D eigenvalue weighted by Crippen LogP contribution is 2.17. The Kier molecular flexibility index (Phi) is 3.77. The second kappa shape index (κ2) is 4.87. The van der Waals surface area contributed by atoms with Crippen LogP contribution < -0.4 is 4.74 Å². The quantitative estimate of drug-likeness (QED) is 0.770. The number of hydrogen-bond donors (Lipinski definition) is 0. The largest absolute Gasteiger partial charge is 0.483 e. The van der Waals surface area contributed by atoms with Crippen molar-refractivity contribution in [2.75, 3.05) is 0 Å². The van der Waals surface area contributed by atoms with E-state index in [1.165, 1.54) is 6.07 Å². The molecule has 1 atom stereocenters. The summed E-state index contributed by atoms with van der Waals surface area (Å²) in [7, 11) is 0. The number of benzene rings is 1. The number of hydrogen-bond acceptors (Lipinski definition) is 2. The van der Waals surface area contributed by atoms with Gasteiger partial charge in [0.25, 0.3) is 0 Å². The second-order valence-electron chi connectivity index (χ2n) is 3.16. The molecule has 0 saturated heterocycles. The number of rotatable bonds is 4. The summed E-state index contributed by atoms with van der Waals surface area (Å²) in [4.78, 5) is 11.2. The molecule has 1 unspecified atom stereocenters. The van der Waals surface area contributed by atoms with Gasteiger partial charge in [0.2, 0.25) is 0 Å². The molecule has 1 aromatic carbocycles. The van der Waals surface area contributed by atoms with Crippen LogP contribution in [0.4, 0.5) is 8.78 Å². The fourth-order valence-electron chi connectivity index (χ4n) is 1.11. The predicted molar refractivity (Wildman–Crippen MR) is 51.7 cm³/mol. The first-order valence-electron chi connectivity index (χ1n) is 4.69. The van der Waals surface area contributed by atoms with Crippen molar-refractivity contribution in [2.45, 2.75) is 26.4 Å². The summed E-state index contributed by atoms with van der Waals surface area (Å²) in [6.45, 7) is 3.29. The van der Waals surface area contributed by atoms with Crippen LogP contribution in [0.3, 0.4) is 0 Å². The Balaban J connectivity index is 2.73. The summed E-state index contributed by atoms with van der Waals surface area (Å²) in [5.41, 5.74) is 0. The van der Waals surface area contributed by atoms with E-state index in [2.05, 4.69) is 0 Å². The summed E-state index contributed by atoms with van der Waals surface area (Å²) in [5.74, 6) is -1.84. The molecule has 0 aliphatic heterocycles. The number of ether oxygens (including phenoxy) is 1. The molecule has 0 radical (unpaired) electrons. The van der Waals surface area contributed by atoms with Crippen molar-refractivity contribution in [3.63, 3.8) is 0 Å². The highest BCUT2D eigenvalue weighted by molar-refractivity contribution is 5.82. The fourth-order valence-corrected chi connectivity index (χ4v) is 1.11. The highest BCUT2D eigenvalue weighted by atomic mass is 19.2. The average Bonchev–Trinajstić information content (AvgIpc) is 2.22. The van der Waals surface area contributed by atoms with E-state index < -0.39 is 17.7 Å². The van der Waals surface area contributed by atoms with Gasteiger partial charge in [0.1, 0.15) is 5.75 Å². The lowest BCUT2D eigenvalue weighted by molar-refractivity contribution is -0.124. The molecule has 0 N–H and O–H groups in total. The van der Waals surface area contributed by atoms with Gasteiger partial charge in [-0.2, -0.15) is 0 Å². The third-order valence-electron chi connectivity index (χ3n) is 2.01. The van der Waals surface area contributed by atoms with Crippen LogP contribution in [-0.4, -0.2) is 11.9 Å². The Labute approximate surface area is 86.9 Å². The highest BCUT2D eigenvalue weighted by Gasteiger charge is 2.13. The van der Waals surface area contributed by atoms with E-state index >= 15 is 0 Å². The Morgan fingerprint density at radius 3 is 2.60 bits per heavy atom. The first-order chi connectivity index (χ1) is 7.04. The minimum Gasteiger partial charge on any atom is -0.483 e. The van der Waals surface area contributed by atoms with E-state index in [0.717, 1.165) is 12.1 Å². The molecule has 1 rings (SSSR count). The van der Waals surface area contributed by atoms with Crippen molar-refractivity contribution in [2.24, 2.45) is 0 Å². The van der Waals surface area contributed by atoms with Gasteiger partial charge < -0.3 is 4.74 Å². The van der Waals surface area contributed by atoms with Crippen LogP contribution >= 0.6 is 0 Å². The first-order valence-corrected chi connectivity index (χ1v) is 4.69. The maximum Gasteiger partial charge on any atom is 0.172 e. The first kappa shape index (κ1) is 11.6. The Bertz CT molecular complexity index is 364. The molecule has 4 heteroatoms. The van der Waals surface area contributed by atoms with Gasteiger partial charge in [-0.15, -0.1) is 0 Å². The Morgan fingerprint density at radius 2 is 2.07 bits per heavy atom. The van der Waals surface area contributed by atoms with Crippen LogP contribution in [-0.2, 0) is 4.79 Å². The zero-order valence-corrected chi connectivity index (χ0v) is 8.59. The molecule has 2 nitrogen and oxygen atoms in total. The summed E-state index contributed by atoms with van der Waals surface area (Å²) < 4.78 is 30.5. The van der Waals surface area contributed by atoms with Gasteiger partial charge in [-0.05, 0) is 19.1 Å². The predicted octanol–water partition coefficient (Wildman–Crippen LogP) is 2.71. The second-order valence-corrected chi connectivity index (χ2v) is 3.16. The third kappa shape index (κ3) is 3.01. The number of carbonyl (C=O) groups is 1. The molecule has 0 heterocycles. The van der Waals surface area contributed by atoms with E-state index in [9.17, 15) is 13.6 Å². The standard InChI is InChI=1S/C11H12F2O2/c1-3-11(14)7(2)15-8-4-5-9(12)10(13)6-8/h4-7H,3H2,1-2H3. The van der Waals surface area contributed by atoms with E-state index in [0.29, 0.717) is 6.42 Å². The topological polar surface area (TPSA) is 26.3 Å². The lowest BCUT2D eigenvalue weighted by atomic mass is 10.2.